The molecule has 0 saturated heterocycles. The van der Waals surface area contributed by atoms with E-state index in [1.165, 1.54) is 12.8 Å². The molecule has 0 aromatic carbocycles. The Labute approximate surface area is 165 Å². The van der Waals surface area contributed by atoms with Gasteiger partial charge in [-0.3, -0.25) is 0 Å². The van der Waals surface area contributed by atoms with Crippen LogP contribution in [0, 0.1) is 22.2 Å². The highest BCUT2D eigenvalue weighted by Crippen LogP contribution is 2.34. The molecule has 0 rings (SSSR count). The Bertz CT molecular complexity index is 379. The van der Waals surface area contributed by atoms with Crippen LogP contribution in [0.5, 0.6) is 0 Å². The number of nitrogens with two attached hydrogens (primary N) is 3. The molecule has 0 aromatic heterocycles. The summed E-state index contributed by atoms with van der Waals surface area (Å²) in [6.45, 7) is 20.6. The molecule has 0 aromatic rings. The molecular formula is C23H51N3. The monoisotopic (exact) mass is 369 g/mol. The first kappa shape index (κ1) is 25.9. The molecule has 26 heavy (non-hydrogen) atoms. The zero-order valence-electron chi connectivity index (χ0n) is 19.5. The lowest BCUT2D eigenvalue weighted by atomic mass is 9.75. The molecule has 4 atom stereocenters. The van der Waals surface area contributed by atoms with Gasteiger partial charge in [-0.15, -0.1) is 0 Å². The van der Waals surface area contributed by atoms with E-state index < -0.39 is 0 Å². The van der Waals surface area contributed by atoms with E-state index in [4.69, 9.17) is 17.2 Å². The minimum atomic E-state index is 0.261. The Morgan fingerprint density at radius 2 is 1.12 bits per heavy atom. The third kappa shape index (κ3) is 13.1. The predicted octanol–water partition coefficient (Wildman–Crippen LogP) is 5.45. The van der Waals surface area contributed by atoms with Gasteiger partial charge in [-0.2, -0.15) is 0 Å². The molecule has 0 fully saturated rings. The fourth-order valence-corrected chi connectivity index (χ4v) is 4.20. The van der Waals surface area contributed by atoms with Crippen LogP contribution in [0.2, 0.25) is 0 Å². The Balaban J connectivity index is 4.34. The van der Waals surface area contributed by atoms with Gasteiger partial charge >= 0.3 is 0 Å². The highest BCUT2D eigenvalue weighted by Gasteiger charge is 2.27. The molecule has 3 nitrogen and oxygen atoms in total. The SMILES string of the molecule is CC(CCC(C)(C)C[C@H](N)CCC(C)(C)C[C@H](C)N)[C@H](N)CC(C)(C)C. The quantitative estimate of drug-likeness (QED) is 0.428. The van der Waals surface area contributed by atoms with E-state index in [1.807, 2.05) is 0 Å². The molecule has 0 bridgehead atoms. The zero-order valence-corrected chi connectivity index (χ0v) is 19.5. The number of hydrogen-bond donors (Lipinski definition) is 3. The smallest absolute Gasteiger partial charge is 0.00695 e. The van der Waals surface area contributed by atoms with Gasteiger partial charge in [0.1, 0.15) is 0 Å². The van der Waals surface area contributed by atoms with Crippen molar-refractivity contribution < 1.29 is 0 Å². The third-order valence-corrected chi connectivity index (χ3v) is 5.74. The van der Waals surface area contributed by atoms with Crippen molar-refractivity contribution in [3.05, 3.63) is 0 Å². The number of hydrogen-bond acceptors (Lipinski definition) is 3. The van der Waals surface area contributed by atoms with Gasteiger partial charge in [-0.25, -0.2) is 0 Å². The van der Waals surface area contributed by atoms with Crippen molar-refractivity contribution in [3.63, 3.8) is 0 Å². The molecular weight excluding hydrogens is 318 g/mol. The summed E-state index contributed by atoms with van der Waals surface area (Å²) in [6.07, 6.45) is 7.86. The van der Waals surface area contributed by atoms with Crippen LogP contribution in [-0.4, -0.2) is 18.1 Å². The second-order valence-electron chi connectivity index (χ2n) is 12.0. The Morgan fingerprint density at radius 1 is 0.654 bits per heavy atom. The molecule has 0 aliphatic carbocycles. The van der Waals surface area contributed by atoms with Crippen LogP contribution in [0.1, 0.15) is 107 Å². The van der Waals surface area contributed by atoms with Gasteiger partial charge in [0, 0.05) is 18.1 Å². The van der Waals surface area contributed by atoms with Crippen LogP contribution < -0.4 is 17.2 Å². The zero-order chi connectivity index (χ0) is 20.8. The van der Waals surface area contributed by atoms with Crippen molar-refractivity contribution >= 4 is 0 Å². The fourth-order valence-electron chi connectivity index (χ4n) is 4.20. The summed E-state index contributed by atoms with van der Waals surface area (Å²) in [7, 11) is 0. The normalized spacial score (nSPS) is 18.5. The first-order valence-electron chi connectivity index (χ1n) is 10.8. The van der Waals surface area contributed by atoms with Crippen LogP contribution in [0.4, 0.5) is 0 Å². The maximum atomic E-state index is 6.49. The van der Waals surface area contributed by atoms with E-state index in [9.17, 15) is 0 Å². The van der Waals surface area contributed by atoms with Crippen LogP contribution in [0.3, 0.4) is 0 Å². The van der Waals surface area contributed by atoms with Crippen LogP contribution >= 0.6 is 0 Å². The first-order valence-corrected chi connectivity index (χ1v) is 10.8. The molecule has 0 radical (unpaired) electrons. The van der Waals surface area contributed by atoms with Crippen LogP contribution in [0.25, 0.3) is 0 Å². The predicted molar refractivity (Wildman–Crippen MR) is 118 cm³/mol. The Hall–Kier alpha value is -0.120. The van der Waals surface area contributed by atoms with E-state index in [0.717, 1.165) is 32.1 Å². The average molecular weight is 370 g/mol. The summed E-state index contributed by atoms with van der Waals surface area (Å²) in [5.74, 6) is 0.565. The summed E-state index contributed by atoms with van der Waals surface area (Å²) >= 11 is 0. The van der Waals surface area contributed by atoms with Gasteiger partial charge < -0.3 is 17.2 Å². The molecule has 0 heterocycles. The third-order valence-electron chi connectivity index (χ3n) is 5.74. The molecule has 0 aliphatic rings. The van der Waals surface area contributed by atoms with Crippen molar-refractivity contribution in [3.8, 4) is 0 Å². The Morgan fingerprint density at radius 3 is 1.58 bits per heavy atom. The molecule has 158 valence electrons. The first-order chi connectivity index (χ1) is 11.5. The van der Waals surface area contributed by atoms with Crippen molar-refractivity contribution in [1.82, 2.24) is 0 Å². The Kier molecular flexibility index (Phi) is 10.4. The molecule has 1 unspecified atom stereocenters. The van der Waals surface area contributed by atoms with Gasteiger partial charge in [0.25, 0.3) is 0 Å². The average Bonchev–Trinajstić information content (AvgIpc) is 2.39. The van der Waals surface area contributed by atoms with Gasteiger partial charge in [0.2, 0.25) is 0 Å². The maximum absolute atomic E-state index is 6.49. The second-order valence-corrected chi connectivity index (χ2v) is 12.0. The van der Waals surface area contributed by atoms with Crippen molar-refractivity contribution in [2.75, 3.05) is 0 Å². The van der Waals surface area contributed by atoms with E-state index in [1.54, 1.807) is 0 Å². The lowest BCUT2D eigenvalue weighted by Crippen LogP contribution is -2.34. The summed E-state index contributed by atoms with van der Waals surface area (Å²) in [4.78, 5) is 0. The highest BCUT2D eigenvalue weighted by atomic mass is 14.7. The van der Waals surface area contributed by atoms with Gasteiger partial charge in [-0.1, -0.05) is 55.4 Å². The van der Waals surface area contributed by atoms with Gasteiger partial charge in [0.15, 0.2) is 0 Å². The molecule has 0 aliphatic heterocycles. The summed E-state index contributed by atoms with van der Waals surface area (Å²) in [5.41, 5.74) is 19.8. The summed E-state index contributed by atoms with van der Waals surface area (Å²) in [5, 5.41) is 0. The molecule has 0 saturated carbocycles. The lowest BCUT2D eigenvalue weighted by molar-refractivity contribution is 0.212. The summed E-state index contributed by atoms with van der Waals surface area (Å²) in [6, 6.07) is 0.825. The van der Waals surface area contributed by atoms with E-state index >= 15 is 0 Å². The van der Waals surface area contributed by atoms with Crippen LogP contribution in [0.15, 0.2) is 0 Å². The molecule has 0 spiro atoms. The van der Waals surface area contributed by atoms with Crippen LogP contribution in [-0.2, 0) is 0 Å². The fraction of sp³-hybridized carbons (Fsp3) is 1.00. The molecule has 3 heteroatoms. The highest BCUT2D eigenvalue weighted by molar-refractivity contribution is 4.82. The van der Waals surface area contributed by atoms with Gasteiger partial charge in [0.05, 0.1) is 0 Å². The molecule has 0 amide bonds. The maximum Gasteiger partial charge on any atom is 0.00695 e. The summed E-state index contributed by atoms with van der Waals surface area (Å²) < 4.78 is 0. The lowest BCUT2D eigenvalue weighted by Gasteiger charge is -2.33. The standard InChI is InChI=1S/C23H51N3/c1-17(20(26)16-21(3,4)5)10-12-23(8,9)15-19(25)11-13-22(6,7)14-18(2)24/h17-20H,10-16,24-26H2,1-9H3/t17?,18-,19+,20+/m0/s1. The van der Waals surface area contributed by atoms with E-state index in [-0.39, 0.29) is 22.9 Å². The molecule has 6 N–H and O–H groups in total. The largest absolute Gasteiger partial charge is 0.328 e. The second kappa shape index (κ2) is 10.4. The van der Waals surface area contributed by atoms with E-state index in [0.29, 0.717) is 17.4 Å². The van der Waals surface area contributed by atoms with E-state index in [2.05, 4.69) is 62.3 Å². The minimum absolute atomic E-state index is 0.261. The van der Waals surface area contributed by atoms with Crippen molar-refractivity contribution in [1.29, 1.82) is 0 Å². The van der Waals surface area contributed by atoms with Crippen molar-refractivity contribution in [2.45, 2.75) is 125 Å². The van der Waals surface area contributed by atoms with Gasteiger partial charge in [-0.05, 0) is 74.0 Å². The minimum Gasteiger partial charge on any atom is -0.328 e. The topological polar surface area (TPSA) is 78.1 Å². The number of rotatable bonds is 12. The van der Waals surface area contributed by atoms with Crippen molar-refractivity contribution in [2.24, 2.45) is 39.4 Å².